The summed E-state index contributed by atoms with van der Waals surface area (Å²) in [7, 11) is 0. The van der Waals surface area contributed by atoms with Crippen LogP contribution < -0.4 is 5.32 Å². The van der Waals surface area contributed by atoms with E-state index < -0.39 is 0 Å². The molecule has 0 radical (unpaired) electrons. The van der Waals surface area contributed by atoms with Crippen LogP contribution in [0.4, 0.5) is 0 Å². The number of aromatic nitrogens is 1. The van der Waals surface area contributed by atoms with Gasteiger partial charge in [0.15, 0.2) is 5.58 Å². The van der Waals surface area contributed by atoms with Gasteiger partial charge in [0.25, 0.3) is 11.3 Å². The lowest BCUT2D eigenvalue weighted by Gasteiger charge is -2.22. The number of amides is 1. The highest BCUT2D eigenvalue weighted by atomic mass is 35.5. The fourth-order valence-electron chi connectivity index (χ4n) is 2.55. The lowest BCUT2D eigenvalue weighted by Crippen LogP contribution is -2.36. The van der Waals surface area contributed by atoms with E-state index in [1.807, 2.05) is 0 Å². The number of nitrogens with zero attached hydrogens (tertiary/aromatic N) is 1. The van der Waals surface area contributed by atoms with Gasteiger partial charge in [0.1, 0.15) is 5.52 Å². The molecule has 0 spiro atoms. The fraction of sp³-hybridized carbons (Fsp3) is 0.429. The van der Waals surface area contributed by atoms with E-state index in [9.17, 15) is 4.79 Å². The second-order valence-corrected chi connectivity index (χ2v) is 5.28. The first-order chi connectivity index (χ1) is 9.22. The number of rotatable bonds is 2. The van der Waals surface area contributed by atoms with Crippen molar-refractivity contribution in [2.75, 3.05) is 0 Å². The van der Waals surface area contributed by atoms with Gasteiger partial charge in [0, 0.05) is 11.6 Å². The summed E-state index contributed by atoms with van der Waals surface area (Å²) in [5.74, 6) is -0.0543. The largest absolute Gasteiger partial charge is 0.428 e. The van der Waals surface area contributed by atoms with Crippen molar-refractivity contribution in [3.05, 3.63) is 29.1 Å². The lowest BCUT2D eigenvalue weighted by molar-refractivity contribution is 0.0927. The molecule has 19 heavy (non-hydrogen) atoms. The standard InChI is InChI=1S/C14H15ClN2O2/c15-14-17-11-7-6-9(8-12(11)19-14)13(18)16-10-4-2-1-3-5-10/h6-8,10H,1-5H2,(H,16,18). The van der Waals surface area contributed by atoms with Crippen molar-refractivity contribution < 1.29 is 9.21 Å². The minimum atomic E-state index is -0.0543. The van der Waals surface area contributed by atoms with Gasteiger partial charge in [0.05, 0.1) is 0 Å². The quantitative estimate of drug-likeness (QED) is 0.914. The van der Waals surface area contributed by atoms with Gasteiger partial charge < -0.3 is 9.73 Å². The van der Waals surface area contributed by atoms with Crippen LogP contribution in [-0.2, 0) is 0 Å². The highest BCUT2D eigenvalue weighted by Gasteiger charge is 2.17. The molecule has 1 aliphatic rings. The lowest BCUT2D eigenvalue weighted by atomic mass is 9.95. The highest BCUT2D eigenvalue weighted by molar-refractivity contribution is 6.28. The monoisotopic (exact) mass is 278 g/mol. The Labute approximate surface area is 116 Å². The smallest absolute Gasteiger partial charge is 0.293 e. The van der Waals surface area contributed by atoms with Crippen molar-refractivity contribution in [2.24, 2.45) is 0 Å². The average Bonchev–Trinajstić information content (AvgIpc) is 2.78. The van der Waals surface area contributed by atoms with Gasteiger partial charge >= 0.3 is 0 Å². The van der Waals surface area contributed by atoms with Crippen LogP contribution in [0.5, 0.6) is 0 Å². The Morgan fingerprint density at radius 1 is 1.32 bits per heavy atom. The maximum atomic E-state index is 12.2. The molecule has 0 aliphatic heterocycles. The number of halogens is 1. The van der Waals surface area contributed by atoms with E-state index in [4.69, 9.17) is 16.0 Å². The molecular formula is C14H15ClN2O2. The second kappa shape index (κ2) is 5.21. The normalized spacial score (nSPS) is 16.7. The van der Waals surface area contributed by atoms with Crippen LogP contribution in [0.1, 0.15) is 42.5 Å². The third-order valence-corrected chi connectivity index (χ3v) is 3.73. The van der Waals surface area contributed by atoms with Crippen LogP contribution in [0.3, 0.4) is 0 Å². The van der Waals surface area contributed by atoms with Crippen LogP contribution in [-0.4, -0.2) is 16.9 Å². The first-order valence-corrected chi connectivity index (χ1v) is 6.97. The number of nitrogens with one attached hydrogen (secondary N) is 1. The summed E-state index contributed by atoms with van der Waals surface area (Å²) < 4.78 is 5.22. The van der Waals surface area contributed by atoms with Crippen molar-refractivity contribution in [3.63, 3.8) is 0 Å². The SMILES string of the molecule is O=C(NC1CCCCC1)c1ccc2nc(Cl)oc2c1. The molecule has 1 aromatic carbocycles. The Bertz CT molecular complexity index is 603. The first kappa shape index (κ1) is 12.5. The summed E-state index contributed by atoms with van der Waals surface area (Å²) in [5, 5.41) is 3.17. The molecule has 1 fully saturated rings. The zero-order valence-electron chi connectivity index (χ0n) is 10.5. The predicted molar refractivity (Wildman–Crippen MR) is 73.4 cm³/mol. The van der Waals surface area contributed by atoms with Gasteiger partial charge in [-0.2, -0.15) is 4.98 Å². The Morgan fingerprint density at radius 3 is 2.89 bits per heavy atom. The molecule has 1 heterocycles. The zero-order chi connectivity index (χ0) is 13.2. The molecule has 0 unspecified atom stereocenters. The van der Waals surface area contributed by atoms with E-state index >= 15 is 0 Å². The minimum absolute atomic E-state index is 0.0543. The summed E-state index contributed by atoms with van der Waals surface area (Å²) in [6.07, 6.45) is 5.81. The molecule has 4 nitrogen and oxygen atoms in total. The van der Waals surface area contributed by atoms with Gasteiger partial charge in [-0.25, -0.2) is 0 Å². The second-order valence-electron chi connectivity index (χ2n) is 4.96. The summed E-state index contributed by atoms with van der Waals surface area (Å²) in [6.45, 7) is 0. The Kier molecular flexibility index (Phi) is 3.42. The predicted octanol–water partition coefficient (Wildman–Crippen LogP) is 3.54. The van der Waals surface area contributed by atoms with E-state index in [0.29, 0.717) is 22.7 Å². The molecule has 0 saturated heterocycles. The van der Waals surface area contributed by atoms with Crippen LogP contribution in [0, 0.1) is 0 Å². The molecule has 0 atom stereocenters. The molecule has 1 aliphatic carbocycles. The number of carbonyl (C=O) groups is 1. The highest BCUT2D eigenvalue weighted by Crippen LogP contribution is 2.21. The summed E-state index contributed by atoms with van der Waals surface area (Å²) in [4.78, 5) is 16.2. The van der Waals surface area contributed by atoms with E-state index in [-0.39, 0.29) is 11.3 Å². The summed E-state index contributed by atoms with van der Waals surface area (Å²) >= 11 is 5.69. The van der Waals surface area contributed by atoms with Gasteiger partial charge in [-0.15, -0.1) is 0 Å². The Hall–Kier alpha value is -1.55. The number of hydrogen-bond donors (Lipinski definition) is 1. The van der Waals surface area contributed by atoms with Gasteiger partial charge in [0.2, 0.25) is 0 Å². The van der Waals surface area contributed by atoms with Crippen LogP contribution in [0.2, 0.25) is 5.35 Å². The molecule has 3 rings (SSSR count). The van der Waals surface area contributed by atoms with E-state index in [1.165, 1.54) is 19.3 Å². The topological polar surface area (TPSA) is 55.1 Å². The third-order valence-electron chi connectivity index (χ3n) is 3.56. The van der Waals surface area contributed by atoms with Crippen molar-refractivity contribution in [1.29, 1.82) is 0 Å². The van der Waals surface area contributed by atoms with Crippen LogP contribution in [0.15, 0.2) is 22.6 Å². The Balaban J connectivity index is 1.76. The fourth-order valence-corrected chi connectivity index (χ4v) is 2.73. The van der Waals surface area contributed by atoms with Crippen molar-refractivity contribution >= 4 is 28.6 Å². The number of fused-ring (bicyclic) bond motifs is 1. The summed E-state index contributed by atoms with van der Waals surface area (Å²) in [5.41, 5.74) is 1.80. The molecule has 5 heteroatoms. The Morgan fingerprint density at radius 2 is 2.11 bits per heavy atom. The molecular weight excluding hydrogens is 264 g/mol. The van der Waals surface area contributed by atoms with Crippen LogP contribution >= 0.6 is 11.6 Å². The number of carbonyl (C=O) groups excluding carboxylic acids is 1. The van der Waals surface area contributed by atoms with Crippen LogP contribution in [0.25, 0.3) is 11.1 Å². The first-order valence-electron chi connectivity index (χ1n) is 6.59. The van der Waals surface area contributed by atoms with Gasteiger partial charge in [-0.3, -0.25) is 4.79 Å². The maximum Gasteiger partial charge on any atom is 0.293 e. The molecule has 100 valence electrons. The summed E-state index contributed by atoms with van der Waals surface area (Å²) in [6, 6.07) is 5.49. The number of hydrogen-bond acceptors (Lipinski definition) is 3. The van der Waals surface area contributed by atoms with Crippen molar-refractivity contribution in [1.82, 2.24) is 10.3 Å². The molecule has 1 N–H and O–H groups in total. The van der Waals surface area contributed by atoms with Gasteiger partial charge in [-0.05, 0) is 42.6 Å². The molecule has 1 amide bonds. The van der Waals surface area contributed by atoms with E-state index in [1.54, 1.807) is 18.2 Å². The average molecular weight is 279 g/mol. The van der Waals surface area contributed by atoms with Crippen molar-refractivity contribution in [3.8, 4) is 0 Å². The minimum Gasteiger partial charge on any atom is -0.428 e. The van der Waals surface area contributed by atoms with E-state index in [2.05, 4.69) is 10.3 Å². The zero-order valence-corrected chi connectivity index (χ0v) is 11.2. The molecule has 0 bridgehead atoms. The number of oxazole rings is 1. The molecule has 1 aromatic heterocycles. The molecule has 2 aromatic rings. The number of benzene rings is 1. The molecule has 1 saturated carbocycles. The maximum absolute atomic E-state index is 12.2. The van der Waals surface area contributed by atoms with Crippen molar-refractivity contribution in [2.45, 2.75) is 38.1 Å². The third kappa shape index (κ3) is 2.73. The van der Waals surface area contributed by atoms with Gasteiger partial charge in [-0.1, -0.05) is 19.3 Å². The van der Waals surface area contributed by atoms with E-state index in [0.717, 1.165) is 12.8 Å².